The third-order valence-corrected chi connectivity index (χ3v) is 5.90. The fourth-order valence-corrected chi connectivity index (χ4v) is 4.29. The van der Waals surface area contributed by atoms with E-state index < -0.39 is 12.1 Å². The van der Waals surface area contributed by atoms with E-state index in [0.29, 0.717) is 12.0 Å². The Morgan fingerprint density at radius 3 is 2.25 bits per heavy atom. The van der Waals surface area contributed by atoms with Gasteiger partial charge in [-0.15, -0.1) is 0 Å². The minimum atomic E-state index is -5.08. The van der Waals surface area contributed by atoms with Crippen molar-refractivity contribution in [1.82, 2.24) is 14.7 Å². The van der Waals surface area contributed by atoms with Crippen LogP contribution in [0.2, 0.25) is 0 Å². The van der Waals surface area contributed by atoms with Crippen molar-refractivity contribution in [2.75, 3.05) is 45.9 Å². The van der Waals surface area contributed by atoms with Gasteiger partial charge in [0, 0.05) is 44.7 Å². The van der Waals surface area contributed by atoms with E-state index >= 15 is 0 Å². The molecule has 8 nitrogen and oxygen atoms in total. The highest BCUT2D eigenvalue weighted by Crippen LogP contribution is 2.33. The largest absolute Gasteiger partial charge is 0.490 e. The molecule has 2 amide bonds. The average molecular weight is 457 g/mol. The van der Waals surface area contributed by atoms with E-state index in [4.69, 9.17) is 14.6 Å². The van der Waals surface area contributed by atoms with Crippen LogP contribution in [0.4, 0.5) is 13.2 Å². The first-order valence-corrected chi connectivity index (χ1v) is 10.4. The summed E-state index contributed by atoms with van der Waals surface area (Å²) in [5.74, 6) is -2.52. The zero-order valence-corrected chi connectivity index (χ0v) is 17.5. The molecule has 4 rings (SSSR count). The van der Waals surface area contributed by atoms with E-state index in [9.17, 15) is 22.8 Å². The van der Waals surface area contributed by atoms with Crippen LogP contribution in [0.1, 0.15) is 23.2 Å². The van der Waals surface area contributed by atoms with Crippen LogP contribution in [0.5, 0.6) is 0 Å². The predicted octanol–water partition coefficient (Wildman–Crippen LogP) is 1.47. The molecule has 0 saturated carbocycles. The number of halogens is 3. The van der Waals surface area contributed by atoms with Gasteiger partial charge >= 0.3 is 12.1 Å². The second-order valence-electron chi connectivity index (χ2n) is 7.84. The summed E-state index contributed by atoms with van der Waals surface area (Å²) < 4.78 is 37.1. The quantitative estimate of drug-likeness (QED) is 0.737. The lowest BCUT2D eigenvalue weighted by molar-refractivity contribution is -0.192. The summed E-state index contributed by atoms with van der Waals surface area (Å²) in [6.07, 6.45) is -3.73. The molecule has 32 heavy (non-hydrogen) atoms. The number of morpholine rings is 1. The molecule has 0 aliphatic carbocycles. The second-order valence-corrected chi connectivity index (χ2v) is 7.84. The molecule has 0 bridgehead atoms. The molecule has 3 fully saturated rings. The van der Waals surface area contributed by atoms with Crippen molar-refractivity contribution in [3.8, 4) is 0 Å². The number of amides is 2. The Bertz CT molecular complexity index is 815. The number of carboxylic acids is 1. The van der Waals surface area contributed by atoms with Crippen LogP contribution >= 0.6 is 0 Å². The zero-order chi connectivity index (χ0) is 23.3. The summed E-state index contributed by atoms with van der Waals surface area (Å²) in [6.45, 7) is 5.82. The molecule has 11 heteroatoms. The number of ether oxygens (including phenoxy) is 1. The highest BCUT2D eigenvalue weighted by atomic mass is 19.4. The number of benzene rings is 1. The first-order chi connectivity index (χ1) is 15.2. The lowest BCUT2D eigenvalue weighted by atomic mass is 10.1. The highest BCUT2D eigenvalue weighted by molar-refractivity contribution is 5.95. The van der Waals surface area contributed by atoms with Gasteiger partial charge in [0.25, 0.3) is 5.91 Å². The van der Waals surface area contributed by atoms with Crippen molar-refractivity contribution in [3.05, 3.63) is 35.9 Å². The van der Waals surface area contributed by atoms with Crippen molar-refractivity contribution in [2.45, 2.75) is 31.1 Å². The van der Waals surface area contributed by atoms with Gasteiger partial charge in [-0.1, -0.05) is 18.2 Å². The van der Waals surface area contributed by atoms with E-state index in [1.807, 2.05) is 40.1 Å². The SMILES string of the molecule is O=C(O)C(F)(F)F.O=C1C[C@H]2[C@@H](CCN2C(=O)c2ccccc2)N1CCN1CCOCC1. The Labute approximate surface area is 183 Å². The molecule has 1 N–H and O–H groups in total. The number of nitrogens with zero attached hydrogens (tertiary/aromatic N) is 3. The van der Waals surface area contributed by atoms with Crippen LogP contribution in [0, 0.1) is 0 Å². The van der Waals surface area contributed by atoms with Crippen LogP contribution in [0.15, 0.2) is 30.3 Å². The number of fused-ring (bicyclic) bond motifs is 1. The minimum Gasteiger partial charge on any atom is -0.475 e. The summed E-state index contributed by atoms with van der Waals surface area (Å²) in [5, 5.41) is 7.12. The van der Waals surface area contributed by atoms with Gasteiger partial charge in [-0.05, 0) is 18.6 Å². The van der Waals surface area contributed by atoms with Crippen LogP contribution in [-0.2, 0) is 14.3 Å². The Hall–Kier alpha value is -2.66. The molecule has 3 saturated heterocycles. The second kappa shape index (κ2) is 10.3. The Morgan fingerprint density at radius 1 is 1.03 bits per heavy atom. The molecule has 3 aliphatic rings. The van der Waals surface area contributed by atoms with Crippen molar-refractivity contribution >= 4 is 17.8 Å². The molecule has 176 valence electrons. The third-order valence-electron chi connectivity index (χ3n) is 5.90. The number of carboxylic acid groups (broad SMARTS) is 1. The molecule has 0 aromatic heterocycles. The van der Waals surface area contributed by atoms with E-state index in [2.05, 4.69) is 4.90 Å². The maximum Gasteiger partial charge on any atom is 0.490 e. The van der Waals surface area contributed by atoms with Crippen molar-refractivity contribution in [2.24, 2.45) is 0 Å². The minimum absolute atomic E-state index is 0.0323. The van der Waals surface area contributed by atoms with Gasteiger partial charge in [0.05, 0.1) is 25.3 Å². The topological polar surface area (TPSA) is 90.4 Å². The normalized spacial score (nSPS) is 23.5. The number of alkyl halides is 3. The predicted molar refractivity (Wildman–Crippen MR) is 107 cm³/mol. The lowest BCUT2D eigenvalue weighted by Gasteiger charge is -2.30. The van der Waals surface area contributed by atoms with Crippen LogP contribution in [0.25, 0.3) is 0 Å². The van der Waals surface area contributed by atoms with Gasteiger partial charge in [-0.25, -0.2) is 4.79 Å². The summed E-state index contributed by atoms with van der Waals surface area (Å²) in [5.41, 5.74) is 0.711. The lowest BCUT2D eigenvalue weighted by Crippen LogP contribution is -2.45. The van der Waals surface area contributed by atoms with Gasteiger partial charge in [-0.2, -0.15) is 13.2 Å². The molecular weight excluding hydrogens is 431 g/mol. The molecular formula is C21H26F3N3O5. The number of hydrogen-bond donors (Lipinski definition) is 1. The number of carbonyl (C=O) groups excluding carboxylic acids is 2. The first-order valence-electron chi connectivity index (χ1n) is 10.4. The third kappa shape index (κ3) is 5.77. The number of likely N-dealkylation sites (tertiary alicyclic amines) is 2. The average Bonchev–Trinajstić information content (AvgIpc) is 3.31. The van der Waals surface area contributed by atoms with Crippen molar-refractivity contribution < 1.29 is 37.4 Å². The molecule has 1 aromatic rings. The molecule has 0 radical (unpaired) electrons. The molecule has 2 atom stereocenters. The summed E-state index contributed by atoms with van der Waals surface area (Å²) in [7, 11) is 0. The van der Waals surface area contributed by atoms with Crippen LogP contribution < -0.4 is 0 Å². The standard InChI is InChI=1S/C19H25N3O3.C2HF3O2/c23-18-14-17-16(21(18)9-8-20-10-12-25-13-11-20)6-7-22(17)19(24)15-4-2-1-3-5-15;3-2(4,5)1(6)7/h1-5,16-17H,6-14H2;(H,6,7)/t16-,17+;/m1./s1. The van der Waals surface area contributed by atoms with Gasteiger partial charge in [0.15, 0.2) is 0 Å². The van der Waals surface area contributed by atoms with Gasteiger partial charge in [-0.3, -0.25) is 14.5 Å². The van der Waals surface area contributed by atoms with Crippen LogP contribution in [-0.4, -0.2) is 102 Å². The maximum absolute atomic E-state index is 12.8. The summed E-state index contributed by atoms with van der Waals surface area (Å²) in [4.78, 5) is 40.5. The molecule has 3 heterocycles. The Morgan fingerprint density at radius 2 is 1.66 bits per heavy atom. The van der Waals surface area contributed by atoms with Crippen LogP contribution in [0.3, 0.4) is 0 Å². The van der Waals surface area contributed by atoms with Crippen molar-refractivity contribution in [1.29, 1.82) is 0 Å². The molecule has 0 unspecified atom stereocenters. The fourth-order valence-electron chi connectivity index (χ4n) is 4.29. The monoisotopic (exact) mass is 457 g/mol. The van der Waals surface area contributed by atoms with E-state index in [1.165, 1.54) is 0 Å². The van der Waals surface area contributed by atoms with Gasteiger partial charge in [0.2, 0.25) is 5.91 Å². The van der Waals surface area contributed by atoms with E-state index in [1.54, 1.807) is 0 Å². The Balaban J connectivity index is 0.000000360. The Kier molecular flexibility index (Phi) is 7.73. The number of aliphatic carboxylic acids is 1. The number of hydrogen-bond acceptors (Lipinski definition) is 5. The molecule has 1 aromatic carbocycles. The fraction of sp³-hybridized carbons (Fsp3) is 0.571. The molecule has 3 aliphatic heterocycles. The van der Waals surface area contributed by atoms with E-state index in [0.717, 1.165) is 52.4 Å². The maximum atomic E-state index is 12.8. The first kappa shape index (κ1) is 24.0. The highest BCUT2D eigenvalue weighted by Gasteiger charge is 2.48. The number of carbonyl (C=O) groups is 3. The van der Waals surface area contributed by atoms with Gasteiger partial charge in [0.1, 0.15) is 0 Å². The number of rotatable bonds is 4. The van der Waals surface area contributed by atoms with Crippen molar-refractivity contribution in [3.63, 3.8) is 0 Å². The van der Waals surface area contributed by atoms with Gasteiger partial charge < -0.3 is 19.6 Å². The smallest absolute Gasteiger partial charge is 0.475 e. The van der Waals surface area contributed by atoms with E-state index in [-0.39, 0.29) is 23.9 Å². The summed E-state index contributed by atoms with van der Waals surface area (Å²) >= 11 is 0. The summed E-state index contributed by atoms with van der Waals surface area (Å²) in [6, 6.07) is 9.59. The zero-order valence-electron chi connectivity index (χ0n) is 17.5. The molecule has 0 spiro atoms.